The molecule has 1 aromatic rings. The van der Waals surface area contributed by atoms with Crippen LogP contribution in [-0.4, -0.2) is 20.5 Å². The molecule has 0 aliphatic heterocycles. The first-order chi connectivity index (χ1) is 4.72. The molecule has 0 aliphatic carbocycles. The first-order valence-electron chi connectivity index (χ1n) is 3.06. The van der Waals surface area contributed by atoms with Gasteiger partial charge in [0.05, 0.1) is 0 Å². The van der Waals surface area contributed by atoms with E-state index >= 15 is 0 Å². The molecule has 0 N–H and O–H groups in total. The van der Waals surface area contributed by atoms with E-state index in [9.17, 15) is 4.79 Å². The Morgan fingerprint density at radius 2 is 2.40 bits per heavy atom. The van der Waals surface area contributed by atoms with Crippen molar-refractivity contribution < 1.29 is 4.79 Å². The minimum Gasteiger partial charge on any atom is -0.298 e. The Bertz CT molecular complexity index is 217. The van der Waals surface area contributed by atoms with E-state index in [0.29, 0.717) is 0 Å². The van der Waals surface area contributed by atoms with Gasteiger partial charge in [0.2, 0.25) is 0 Å². The van der Waals surface area contributed by atoms with E-state index in [1.807, 2.05) is 0 Å². The minimum absolute atomic E-state index is 0.0884. The fourth-order valence-corrected chi connectivity index (χ4v) is 0.604. The lowest BCUT2D eigenvalue weighted by molar-refractivity contribution is -0.119. The zero-order valence-electron chi connectivity index (χ0n) is 5.98. The molecule has 54 valence electrons. The van der Waals surface area contributed by atoms with Gasteiger partial charge in [-0.3, -0.25) is 4.79 Å². The molecule has 0 fully saturated rings. The molecule has 0 aromatic carbocycles. The lowest BCUT2D eigenvalue weighted by Crippen LogP contribution is -2.13. The molecule has 1 aromatic heterocycles. The van der Waals surface area contributed by atoms with E-state index in [2.05, 4.69) is 10.1 Å². The molecule has 0 saturated heterocycles. The Labute approximate surface area is 58.9 Å². The van der Waals surface area contributed by atoms with Crippen molar-refractivity contribution in [2.45, 2.75) is 19.9 Å². The van der Waals surface area contributed by atoms with Gasteiger partial charge in [-0.25, -0.2) is 9.67 Å². The number of rotatable bonds is 2. The molecule has 0 amide bonds. The molecule has 1 heterocycles. The smallest absolute Gasteiger partial charge is 0.154 e. The van der Waals surface area contributed by atoms with Crippen LogP contribution in [0.15, 0.2) is 12.7 Å². The number of ketones is 1. The van der Waals surface area contributed by atoms with Gasteiger partial charge >= 0.3 is 0 Å². The van der Waals surface area contributed by atoms with Gasteiger partial charge < -0.3 is 0 Å². The lowest BCUT2D eigenvalue weighted by Gasteiger charge is -2.04. The van der Waals surface area contributed by atoms with Gasteiger partial charge in [-0.05, 0) is 13.8 Å². The summed E-state index contributed by atoms with van der Waals surface area (Å²) in [6.07, 6.45) is 2.95. The molecule has 0 bridgehead atoms. The zero-order chi connectivity index (χ0) is 7.56. The number of hydrogen-bond donors (Lipinski definition) is 0. The molecule has 0 spiro atoms. The maximum Gasteiger partial charge on any atom is 0.154 e. The third-order valence-corrected chi connectivity index (χ3v) is 1.42. The topological polar surface area (TPSA) is 47.8 Å². The van der Waals surface area contributed by atoms with Gasteiger partial charge in [0.25, 0.3) is 0 Å². The summed E-state index contributed by atoms with van der Waals surface area (Å²) in [6, 6.07) is -0.192. The monoisotopic (exact) mass is 139 g/mol. The van der Waals surface area contributed by atoms with Crippen LogP contribution in [0.1, 0.15) is 19.9 Å². The fraction of sp³-hybridized carbons (Fsp3) is 0.500. The normalized spacial score (nSPS) is 13.0. The average molecular weight is 139 g/mol. The van der Waals surface area contributed by atoms with Crippen LogP contribution in [-0.2, 0) is 4.79 Å². The van der Waals surface area contributed by atoms with Crippen LogP contribution in [0.2, 0.25) is 0 Å². The summed E-state index contributed by atoms with van der Waals surface area (Å²) in [4.78, 5) is 14.5. The van der Waals surface area contributed by atoms with E-state index in [1.54, 1.807) is 6.92 Å². The van der Waals surface area contributed by atoms with Crippen LogP contribution in [0.5, 0.6) is 0 Å². The largest absolute Gasteiger partial charge is 0.298 e. The number of carbonyl (C=O) groups is 1. The quantitative estimate of drug-likeness (QED) is 0.596. The SMILES string of the molecule is CC(=O)[C@H](C)n1cncn1. The molecular formula is C6H9N3O. The van der Waals surface area contributed by atoms with Crippen molar-refractivity contribution in [2.24, 2.45) is 0 Å². The molecule has 4 heteroatoms. The molecule has 0 aliphatic rings. The van der Waals surface area contributed by atoms with Crippen LogP contribution in [0.25, 0.3) is 0 Å². The van der Waals surface area contributed by atoms with Crippen molar-refractivity contribution in [2.75, 3.05) is 0 Å². The third kappa shape index (κ3) is 1.21. The molecule has 0 saturated carbocycles. The first kappa shape index (κ1) is 6.92. The van der Waals surface area contributed by atoms with Crippen LogP contribution < -0.4 is 0 Å². The summed E-state index contributed by atoms with van der Waals surface area (Å²) in [7, 11) is 0. The Morgan fingerprint density at radius 3 is 2.80 bits per heavy atom. The summed E-state index contributed by atoms with van der Waals surface area (Å²) >= 11 is 0. The van der Waals surface area contributed by atoms with Gasteiger partial charge in [0.1, 0.15) is 18.7 Å². The summed E-state index contributed by atoms with van der Waals surface area (Å²) < 4.78 is 1.53. The number of Topliss-reactive ketones (excluding diaryl/α,β-unsaturated/α-hetero) is 1. The number of nitrogens with zero attached hydrogens (tertiary/aromatic N) is 3. The zero-order valence-corrected chi connectivity index (χ0v) is 5.98. The van der Waals surface area contributed by atoms with E-state index in [-0.39, 0.29) is 11.8 Å². The number of hydrogen-bond acceptors (Lipinski definition) is 3. The summed E-state index contributed by atoms with van der Waals surface area (Å²) in [6.45, 7) is 3.32. The number of carbonyl (C=O) groups excluding carboxylic acids is 1. The van der Waals surface area contributed by atoms with Gasteiger partial charge in [-0.1, -0.05) is 0 Å². The van der Waals surface area contributed by atoms with Crippen molar-refractivity contribution in [1.82, 2.24) is 14.8 Å². The third-order valence-electron chi connectivity index (χ3n) is 1.42. The summed E-state index contributed by atoms with van der Waals surface area (Å²) in [5.41, 5.74) is 0. The van der Waals surface area contributed by atoms with Crippen LogP contribution in [0, 0.1) is 0 Å². The lowest BCUT2D eigenvalue weighted by atomic mass is 10.2. The summed E-state index contributed by atoms with van der Waals surface area (Å²) in [5.74, 6) is 0.0884. The van der Waals surface area contributed by atoms with Gasteiger partial charge in [0, 0.05) is 0 Å². The maximum absolute atomic E-state index is 10.8. The molecule has 0 unspecified atom stereocenters. The van der Waals surface area contributed by atoms with Crippen LogP contribution in [0.4, 0.5) is 0 Å². The van der Waals surface area contributed by atoms with E-state index in [4.69, 9.17) is 0 Å². The Hall–Kier alpha value is -1.19. The van der Waals surface area contributed by atoms with Crippen molar-refractivity contribution in [3.63, 3.8) is 0 Å². The minimum atomic E-state index is -0.192. The predicted octanol–water partition coefficient (Wildman–Crippen LogP) is 0.428. The van der Waals surface area contributed by atoms with Crippen molar-refractivity contribution in [3.05, 3.63) is 12.7 Å². The standard InChI is InChI=1S/C6H9N3O/c1-5(6(2)10)9-4-7-3-8-9/h3-5H,1-2H3/t5-/m0/s1. The van der Waals surface area contributed by atoms with Gasteiger partial charge in [-0.2, -0.15) is 5.10 Å². The Kier molecular flexibility index (Phi) is 1.80. The first-order valence-corrected chi connectivity index (χ1v) is 3.06. The van der Waals surface area contributed by atoms with Gasteiger partial charge in [-0.15, -0.1) is 0 Å². The highest BCUT2D eigenvalue weighted by molar-refractivity contribution is 5.79. The molecule has 0 radical (unpaired) electrons. The molecular weight excluding hydrogens is 130 g/mol. The van der Waals surface area contributed by atoms with Crippen LogP contribution in [0.3, 0.4) is 0 Å². The van der Waals surface area contributed by atoms with E-state index in [0.717, 1.165) is 0 Å². The Balaban J connectivity index is 2.77. The summed E-state index contributed by atoms with van der Waals surface area (Å²) in [5, 5.41) is 3.82. The van der Waals surface area contributed by atoms with Crippen molar-refractivity contribution in [3.8, 4) is 0 Å². The fourth-order valence-electron chi connectivity index (χ4n) is 0.604. The number of aromatic nitrogens is 3. The molecule has 1 atom stereocenters. The molecule has 10 heavy (non-hydrogen) atoms. The van der Waals surface area contributed by atoms with Crippen LogP contribution >= 0.6 is 0 Å². The highest BCUT2D eigenvalue weighted by atomic mass is 16.1. The molecule has 1 rings (SSSR count). The highest BCUT2D eigenvalue weighted by Crippen LogP contribution is 2.01. The van der Waals surface area contributed by atoms with E-state index < -0.39 is 0 Å². The second-order valence-electron chi connectivity index (χ2n) is 2.16. The highest BCUT2D eigenvalue weighted by Gasteiger charge is 2.08. The molecule has 4 nitrogen and oxygen atoms in total. The average Bonchev–Trinajstić information content (AvgIpc) is 2.36. The van der Waals surface area contributed by atoms with Crippen molar-refractivity contribution in [1.29, 1.82) is 0 Å². The van der Waals surface area contributed by atoms with Gasteiger partial charge in [0.15, 0.2) is 5.78 Å². The second kappa shape index (κ2) is 2.60. The van der Waals surface area contributed by atoms with Crippen molar-refractivity contribution >= 4 is 5.78 Å². The Morgan fingerprint density at radius 1 is 1.70 bits per heavy atom. The second-order valence-corrected chi connectivity index (χ2v) is 2.16. The van der Waals surface area contributed by atoms with E-state index in [1.165, 1.54) is 24.3 Å². The maximum atomic E-state index is 10.8. The predicted molar refractivity (Wildman–Crippen MR) is 35.4 cm³/mol.